The Hall–Kier alpha value is -4.60. The average Bonchev–Trinajstić information content (AvgIpc) is 2.92. The second-order valence-electron chi connectivity index (χ2n) is 10.5. The highest BCUT2D eigenvalue weighted by molar-refractivity contribution is 5.67. The summed E-state index contributed by atoms with van der Waals surface area (Å²) in [7, 11) is 1.70. The van der Waals surface area contributed by atoms with Crippen molar-refractivity contribution in [3.63, 3.8) is 0 Å². The summed E-state index contributed by atoms with van der Waals surface area (Å²) in [6, 6.07) is 19.1. The van der Waals surface area contributed by atoms with Gasteiger partial charge in [0.25, 0.3) is 0 Å². The van der Waals surface area contributed by atoms with Gasteiger partial charge >= 0.3 is 6.09 Å². The quantitative estimate of drug-likeness (QED) is 0.269. The van der Waals surface area contributed by atoms with Crippen molar-refractivity contribution in [3.05, 3.63) is 90.0 Å². The third-order valence-electron chi connectivity index (χ3n) is 5.80. The third-order valence-corrected chi connectivity index (χ3v) is 5.80. The third kappa shape index (κ3) is 7.95. The van der Waals surface area contributed by atoms with Crippen molar-refractivity contribution in [1.82, 2.24) is 25.3 Å². The van der Waals surface area contributed by atoms with Gasteiger partial charge in [-0.2, -0.15) is 4.98 Å². The highest BCUT2D eigenvalue weighted by Crippen LogP contribution is 2.25. The maximum atomic E-state index is 14.7. The van der Waals surface area contributed by atoms with Crippen molar-refractivity contribution >= 4 is 23.7 Å². The van der Waals surface area contributed by atoms with Crippen LogP contribution in [0.4, 0.5) is 26.8 Å². The monoisotopic (exact) mass is 543 g/mol. The lowest BCUT2D eigenvalue weighted by Crippen LogP contribution is -2.32. The minimum atomic E-state index is -0.551. The fraction of sp³-hybridized carbons (Fsp3) is 0.300. The summed E-state index contributed by atoms with van der Waals surface area (Å²) in [6.07, 6.45) is 3.03. The molecule has 0 saturated heterocycles. The van der Waals surface area contributed by atoms with Gasteiger partial charge in [0.15, 0.2) is 17.5 Å². The number of nitrogens with zero attached hydrogens (tertiary/aromatic N) is 5. The van der Waals surface area contributed by atoms with E-state index in [1.165, 1.54) is 6.20 Å². The first-order chi connectivity index (χ1) is 19.1. The van der Waals surface area contributed by atoms with E-state index in [0.29, 0.717) is 30.6 Å². The first-order valence-electron chi connectivity index (χ1n) is 13.0. The zero-order chi connectivity index (χ0) is 28.7. The number of hydrogen-bond donors (Lipinski definition) is 2. The molecule has 0 aliphatic carbocycles. The van der Waals surface area contributed by atoms with Gasteiger partial charge in [0.2, 0.25) is 5.95 Å². The molecule has 10 heteroatoms. The van der Waals surface area contributed by atoms with Crippen LogP contribution in [0.15, 0.2) is 73.1 Å². The first kappa shape index (κ1) is 28.4. The number of benzene rings is 2. The van der Waals surface area contributed by atoms with Crippen molar-refractivity contribution in [2.24, 2.45) is 0 Å². The molecule has 1 atom stereocenters. The van der Waals surface area contributed by atoms with Crippen molar-refractivity contribution in [3.8, 4) is 11.4 Å². The molecule has 0 saturated carbocycles. The lowest BCUT2D eigenvalue weighted by molar-refractivity contribution is 0.0523. The molecule has 2 aromatic carbocycles. The van der Waals surface area contributed by atoms with Crippen LogP contribution >= 0.6 is 0 Å². The smallest absolute Gasteiger partial charge is 0.407 e. The summed E-state index contributed by atoms with van der Waals surface area (Å²) in [5.41, 5.74) is 2.31. The molecule has 0 aliphatic rings. The van der Waals surface area contributed by atoms with E-state index in [2.05, 4.69) is 30.6 Å². The molecule has 208 valence electrons. The summed E-state index contributed by atoms with van der Waals surface area (Å²) in [6.45, 7) is 7.88. The Morgan fingerprint density at radius 3 is 2.52 bits per heavy atom. The average molecular weight is 544 g/mol. The van der Waals surface area contributed by atoms with Gasteiger partial charge in [0, 0.05) is 31.4 Å². The van der Waals surface area contributed by atoms with Gasteiger partial charge in [0.1, 0.15) is 11.4 Å². The maximum Gasteiger partial charge on any atom is 0.407 e. The number of amides is 1. The number of ether oxygens (including phenoxy) is 1. The minimum absolute atomic E-state index is 0.00455. The van der Waals surface area contributed by atoms with Crippen LogP contribution in [0.1, 0.15) is 38.8 Å². The first-order valence-corrected chi connectivity index (χ1v) is 13.0. The fourth-order valence-corrected chi connectivity index (χ4v) is 4.01. The van der Waals surface area contributed by atoms with E-state index >= 15 is 0 Å². The van der Waals surface area contributed by atoms with E-state index in [1.54, 1.807) is 24.2 Å². The standard InChI is InChI=1S/C30H34FN7O2/c1-20(16-21-10-9-11-22(17-21)18-34-29(39)40-30(2,3)4)35-28-32-15-14-25(36-28)38(5)27-24(31)19-33-26(37-27)23-12-7-6-8-13-23/h6-15,17,19-20H,16,18H2,1-5H3,(H,34,39)(H,32,35,36)/t20-/m0/s1. The molecule has 1 amide bonds. The molecule has 0 bridgehead atoms. The molecule has 2 heterocycles. The zero-order valence-electron chi connectivity index (χ0n) is 23.4. The predicted molar refractivity (Wildman–Crippen MR) is 154 cm³/mol. The van der Waals surface area contributed by atoms with Crippen LogP contribution in [0.25, 0.3) is 11.4 Å². The lowest BCUT2D eigenvalue weighted by Gasteiger charge is -2.20. The van der Waals surface area contributed by atoms with Crippen molar-refractivity contribution in [1.29, 1.82) is 0 Å². The van der Waals surface area contributed by atoms with Crippen LogP contribution in [-0.4, -0.2) is 44.7 Å². The van der Waals surface area contributed by atoms with E-state index in [9.17, 15) is 9.18 Å². The second-order valence-corrected chi connectivity index (χ2v) is 10.5. The molecule has 0 radical (unpaired) electrons. The van der Waals surface area contributed by atoms with Crippen molar-refractivity contribution in [2.75, 3.05) is 17.3 Å². The number of carbonyl (C=O) groups is 1. The molecule has 2 N–H and O–H groups in total. The molecule has 9 nitrogen and oxygen atoms in total. The highest BCUT2D eigenvalue weighted by atomic mass is 19.1. The van der Waals surface area contributed by atoms with E-state index in [1.807, 2.05) is 82.3 Å². The lowest BCUT2D eigenvalue weighted by atomic mass is 10.0. The number of carbonyl (C=O) groups excluding carboxylic acids is 1. The Morgan fingerprint density at radius 1 is 1.02 bits per heavy atom. The molecule has 4 aromatic rings. The molecule has 0 unspecified atom stereocenters. The predicted octanol–water partition coefficient (Wildman–Crippen LogP) is 5.91. The molecule has 0 fully saturated rings. The summed E-state index contributed by atoms with van der Waals surface area (Å²) in [4.78, 5) is 31.1. The largest absolute Gasteiger partial charge is 0.444 e. The van der Waals surface area contributed by atoms with Gasteiger partial charge in [-0.3, -0.25) is 0 Å². The molecule has 40 heavy (non-hydrogen) atoms. The van der Waals surface area contributed by atoms with E-state index in [0.717, 1.165) is 16.7 Å². The van der Waals surface area contributed by atoms with Crippen LogP contribution in [0.5, 0.6) is 0 Å². The Balaban J connectivity index is 1.40. The number of aromatic nitrogens is 4. The molecule has 4 rings (SSSR count). The second kappa shape index (κ2) is 12.5. The summed E-state index contributed by atoms with van der Waals surface area (Å²) in [5.74, 6) is 0.885. The number of hydrogen-bond acceptors (Lipinski definition) is 8. The zero-order valence-corrected chi connectivity index (χ0v) is 23.4. The summed E-state index contributed by atoms with van der Waals surface area (Å²) < 4.78 is 20.0. The van der Waals surface area contributed by atoms with Crippen molar-refractivity contribution in [2.45, 2.75) is 52.3 Å². The van der Waals surface area contributed by atoms with E-state index in [4.69, 9.17) is 4.74 Å². The van der Waals surface area contributed by atoms with Gasteiger partial charge < -0.3 is 20.3 Å². The van der Waals surface area contributed by atoms with E-state index in [-0.39, 0.29) is 11.9 Å². The van der Waals surface area contributed by atoms with Crippen LogP contribution in [-0.2, 0) is 17.7 Å². The van der Waals surface area contributed by atoms with Gasteiger partial charge in [0.05, 0.1) is 6.20 Å². The number of alkyl carbamates (subject to hydrolysis) is 1. The van der Waals surface area contributed by atoms with Gasteiger partial charge in [-0.25, -0.2) is 24.1 Å². The van der Waals surface area contributed by atoms with Gasteiger partial charge in [-0.1, -0.05) is 54.6 Å². The highest BCUT2D eigenvalue weighted by Gasteiger charge is 2.17. The Bertz CT molecular complexity index is 1440. The Kier molecular flexibility index (Phi) is 8.88. The van der Waals surface area contributed by atoms with Crippen molar-refractivity contribution < 1.29 is 13.9 Å². The SMILES string of the molecule is C[C@@H](Cc1cccc(CNC(=O)OC(C)(C)C)c1)Nc1nccc(N(C)c2nc(-c3ccccc3)ncc2F)n1. The number of halogens is 1. The van der Waals surface area contributed by atoms with Crippen LogP contribution < -0.4 is 15.5 Å². The number of nitrogens with one attached hydrogen (secondary N) is 2. The maximum absolute atomic E-state index is 14.7. The normalized spacial score (nSPS) is 11.9. The summed E-state index contributed by atoms with van der Waals surface area (Å²) >= 11 is 0. The van der Waals surface area contributed by atoms with Gasteiger partial charge in [-0.05, 0) is 51.3 Å². The van der Waals surface area contributed by atoms with Crippen LogP contribution in [0, 0.1) is 5.82 Å². The summed E-state index contributed by atoms with van der Waals surface area (Å²) in [5, 5.41) is 6.10. The molecule has 0 aliphatic heterocycles. The number of rotatable bonds is 9. The Morgan fingerprint density at radius 2 is 1.77 bits per heavy atom. The molecular formula is C30H34FN7O2. The van der Waals surface area contributed by atoms with Crippen LogP contribution in [0.3, 0.4) is 0 Å². The molecule has 2 aromatic heterocycles. The topological polar surface area (TPSA) is 105 Å². The number of anilines is 3. The molecular weight excluding hydrogens is 509 g/mol. The molecule has 0 spiro atoms. The fourth-order valence-electron chi connectivity index (χ4n) is 4.01. The van der Waals surface area contributed by atoms with Crippen LogP contribution in [0.2, 0.25) is 0 Å². The minimum Gasteiger partial charge on any atom is -0.444 e. The van der Waals surface area contributed by atoms with E-state index < -0.39 is 17.5 Å². The van der Waals surface area contributed by atoms with Gasteiger partial charge in [-0.15, -0.1) is 0 Å². The Labute approximate surface area is 233 Å².